The summed E-state index contributed by atoms with van der Waals surface area (Å²) in [4.78, 5) is 22.0. The number of hydrogen-bond donors (Lipinski definition) is 4. The van der Waals surface area contributed by atoms with Gasteiger partial charge in [0.2, 0.25) is 0 Å². The van der Waals surface area contributed by atoms with Crippen LogP contribution in [0, 0.1) is 0 Å². The molecule has 0 atom stereocenters. The first-order valence-corrected chi connectivity index (χ1v) is 25.6. The summed E-state index contributed by atoms with van der Waals surface area (Å²) in [6.45, 7) is 0. The number of nitrogens with one attached hydrogen (secondary N) is 2. The lowest BCUT2D eigenvalue weighted by Crippen LogP contribution is -2.14. The van der Waals surface area contributed by atoms with Crippen molar-refractivity contribution in [2.24, 2.45) is 20.5 Å². The van der Waals surface area contributed by atoms with Gasteiger partial charge in [-0.1, -0.05) is 52.5 Å². The van der Waals surface area contributed by atoms with Crippen LogP contribution in [0.4, 0.5) is 34.1 Å². The van der Waals surface area contributed by atoms with Crippen LogP contribution in [0.1, 0.15) is 20.7 Å². The zero-order chi connectivity index (χ0) is 51.4. The molecule has 0 fully saturated rings. The summed E-state index contributed by atoms with van der Waals surface area (Å²) in [6, 6.07) is 15.8. The summed E-state index contributed by atoms with van der Waals surface area (Å²) in [6.07, 6.45) is 0. The van der Waals surface area contributed by atoms with E-state index in [1.165, 1.54) is 36.4 Å². The zero-order valence-corrected chi connectivity index (χ0v) is 40.1. The van der Waals surface area contributed by atoms with E-state index in [0.717, 1.165) is 24.3 Å². The van der Waals surface area contributed by atoms with Gasteiger partial charge < -0.3 is 39.1 Å². The van der Waals surface area contributed by atoms with Gasteiger partial charge in [-0.05, 0) is 102 Å². The van der Waals surface area contributed by atoms with E-state index in [0.29, 0.717) is 36.4 Å². The molecule has 0 aliphatic rings. The Kier molecular flexibility index (Phi) is 14.0. The topological polar surface area (TPSA) is 377 Å². The number of benzene rings is 7. The third kappa shape index (κ3) is 10.8. The molecule has 0 saturated carbocycles. The summed E-state index contributed by atoms with van der Waals surface area (Å²) < 4.78 is 147. The number of carbonyl (C=O) groups excluding carboxylic acids is 2. The Balaban J connectivity index is 1.28. The molecule has 22 nitrogen and oxygen atoms in total. The first-order chi connectivity index (χ1) is 32.5. The van der Waals surface area contributed by atoms with E-state index in [1.807, 2.05) is 0 Å². The van der Waals surface area contributed by atoms with Gasteiger partial charge in [0.25, 0.3) is 11.8 Å². The van der Waals surface area contributed by atoms with E-state index in [2.05, 4.69) is 31.1 Å². The molecule has 70 heavy (non-hydrogen) atoms. The first-order valence-electron chi connectivity index (χ1n) is 18.5. The molecule has 4 N–H and O–H groups in total. The van der Waals surface area contributed by atoms with Gasteiger partial charge >= 0.3 is 0 Å². The highest BCUT2D eigenvalue weighted by Gasteiger charge is 2.25. The summed E-state index contributed by atoms with van der Waals surface area (Å²) in [7, 11) is -21.8. The van der Waals surface area contributed by atoms with Crippen LogP contribution in [0.15, 0.2) is 137 Å². The van der Waals surface area contributed by atoms with Crippen LogP contribution >= 0.6 is 46.4 Å². The number of azo groups is 2. The molecule has 0 unspecified atom stereocenters. The predicted octanol–water partition coefficient (Wildman–Crippen LogP) is 8.97. The second kappa shape index (κ2) is 19.1. The molecule has 7 aromatic carbocycles. The lowest BCUT2D eigenvalue weighted by atomic mass is 10.1. The van der Waals surface area contributed by atoms with Gasteiger partial charge in [-0.15, -0.1) is 10.2 Å². The molecule has 0 bridgehead atoms. The summed E-state index contributed by atoms with van der Waals surface area (Å²) in [5.74, 6) is -4.36. The average Bonchev–Trinajstić information content (AvgIpc) is 3.25. The molecule has 7 aromatic rings. The van der Waals surface area contributed by atoms with Crippen molar-refractivity contribution in [3.8, 4) is 11.5 Å². The molecule has 0 aliphatic carbocycles. The van der Waals surface area contributed by atoms with Crippen molar-refractivity contribution in [2.75, 3.05) is 10.6 Å². The van der Waals surface area contributed by atoms with Crippen molar-refractivity contribution in [2.45, 2.75) is 19.6 Å². The number of hydrogen-bond acceptors (Lipinski definition) is 20. The highest BCUT2D eigenvalue weighted by molar-refractivity contribution is 7.86. The minimum atomic E-state index is -5.59. The predicted molar refractivity (Wildman–Crippen MR) is 247 cm³/mol. The van der Waals surface area contributed by atoms with E-state index in [9.17, 15) is 71.7 Å². The minimum absolute atomic E-state index is 0.0606. The Labute approximate surface area is 413 Å². The molecular formula is C40H20Cl4N6O16S4-4. The third-order valence-corrected chi connectivity index (χ3v) is 14.3. The van der Waals surface area contributed by atoms with Crippen molar-refractivity contribution < 1.29 is 71.7 Å². The number of carbonyl (C=O) groups is 2. The fourth-order valence-corrected chi connectivity index (χ4v) is 9.75. The Bertz CT molecular complexity index is 3960. The Morgan fingerprint density at radius 3 is 1.31 bits per heavy atom. The lowest BCUT2D eigenvalue weighted by molar-refractivity contribution is 0.101. The van der Waals surface area contributed by atoms with Gasteiger partial charge in [0, 0.05) is 15.8 Å². The monoisotopic (exact) mass is 1110 g/mol. The molecule has 0 saturated heterocycles. The van der Waals surface area contributed by atoms with Crippen molar-refractivity contribution >= 4 is 154 Å². The largest absolute Gasteiger partial charge is 0.744 e. The smallest absolute Gasteiger partial charge is 0.257 e. The zero-order valence-electron chi connectivity index (χ0n) is 33.8. The van der Waals surface area contributed by atoms with Crippen LogP contribution in [0.2, 0.25) is 20.1 Å². The van der Waals surface area contributed by atoms with Gasteiger partial charge in [-0.25, -0.2) is 33.7 Å². The van der Waals surface area contributed by atoms with Gasteiger partial charge in [0.15, 0.2) is 11.5 Å². The average molecular weight is 1110 g/mol. The van der Waals surface area contributed by atoms with E-state index in [4.69, 9.17) is 46.4 Å². The van der Waals surface area contributed by atoms with E-state index < -0.39 is 128 Å². The molecule has 0 heterocycles. The molecule has 30 heteroatoms. The standard InChI is InChI=1S/C40H24Cl4N6O16S4/c41-19-4-9-24(27(43)14-19)39(53)45-28-15-22(67(55,56)57)10-17-12-30(69(61,62)63)35(37(51)32(17)28)49-47-20-5-7-21(8-6-20)48-50-36-31(70(64,65)66)13-18-11-23(68(58,59)60)16-29(33(18)38(36)52)46-40(54)25-2-1-3-26(42)34(25)44/h1-16,51-52H,(H,45,53)(H,46,54)(H,55,56,57)(H,58,59,60)(H,61,62,63)(H,64,65,66)/p-4. The number of rotatable bonds is 12. The Hall–Kier alpha value is -6.40. The van der Waals surface area contributed by atoms with Crippen molar-refractivity contribution in [3.63, 3.8) is 0 Å². The maximum absolute atomic E-state index is 13.3. The quantitative estimate of drug-likeness (QED) is 0.0654. The minimum Gasteiger partial charge on any atom is -0.744 e. The normalized spacial score (nSPS) is 12.6. The molecule has 0 radical (unpaired) electrons. The molecule has 0 aliphatic heterocycles. The van der Waals surface area contributed by atoms with Crippen LogP contribution in [-0.4, -0.2) is 73.9 Å². The molecule has 362 valence electrons. The Morgan fingerprint density at radius 1 is 0.486 bits per heavy atom. The molecule has 2 amide bonds. The highest BCUT2D eigenvalue weighted by atomic mass is 35.5. The van der Waals surface area contributed by atoms with Crippen molar-refractivity contribution in [1.82, 2.24) is 0 Å². The molecule has 0 spiro atoms. The summed E-state index contributed by atoms with van der Waals surface area (Å²) in [5, 5.41) is 40.1. The van der Waals surface area contributed by atoms with Crippen LogP contribution in [0.3, 0.4) is 0 Å². The fourth-order valence-electron chi connectivity index (χ4n) is 6.51. The van der Waals surface area contributed by atoms with E-state index in [1.54, 1.807) is 0 Å². The number of anilines is 2. The number of nitrogens with zero attached hydrogens (tertiary/aromatic N) is 4. The third-order valence-electron chi connectivity index (χ3n) is 9.61. The number of amides is 2. The molecular weight excluding hydrogens is 1090 g/mol. The highest BCUT2D eigenvalue weighted by Crippen LogP contribution is 2.47. The number of fused-ring (bicyclic) bond motifs is 2. The lowest BCUT2D eigenvalue weighted by Gasteiger charge is -2.18. The van der Waals surface area contributed by atoms with Crippen LogP contribution in [0.25, 0.3) is 21.5 Å². The maximum atomic E-state index is 13.3. The van der Waals surface area contributed by atoms with Crippen LogP contribution in [-0.2, 0) is 40.5 Å². The number of halogens is 4. The fraction of sp³-hybridized carbons (Fsp3) is 0. The molecule has 0 aromatic heterocycles. The van der Waals surface area contributed by atoms with Gasteiger partial charge in [0.05, 0.1) is 68.5 Å². The van der Waals surface area contributed by atoms with Gasteiger partial charge in [0.1, 0.15) is 51.8 Å². The van der Waals surface area contributed by atoms with Gasteiger partial charge in [-0.3, -0.25) is 9.59 Å². The van der Waals surface area contributed by atoms with Crippen molar-refractivity contribution in [1.29, 1.82) is 0 Å². The second-order valence-corrected chi connectivity index (χ2v) is 21.2. The number of phenolic OH excluding ortho intramolecular Hbond substituents is 2. The Morgan fingerprint density at radius 2 is 0.914 bits per heavy atom. The van der Waals surface area contributed by atoms with Crippen LogP contribution in [0.5, 0.6) is 11.5 Å². The first kappa shape index (κ1) is 51.5. The number of phenols is 2. The summed E-state index contributed by atoms with van der Waals surface area (Å²) >= 11 is 24.2. The van der Waals surface area contributed by atoms with E-state index in [-0.39, 0.29) is 42.6 Å². The SMILES string of the molecule is O=C(Nc1cc(S(=O)(=O)[O-])cc2cc(S(=O)(=O)[O-])c(N=Nc3ccc(N=Nc4c(S(=O)(=O)[O-])cc5cc(S(=O)(=O)[O-])cc(NC(=O)c6cccc(Cl)c6Cl)c5c4O)cc3)c(O)c12)c1ccc(Cl)cc1Cl. The van der Waals surface area contributed by atoms with E-state index >= 15 is 0 Å². The maximum Gasteiger partial charge on any atom is 0.257 e. The number of aromatic hydroxyl groups is 2. The summed E-state index contributed by atoms with van der Waals surface area (Å²) in [5.41, 5.74) is -4.05. The van der Waals surface area contributed by atoms with Crippen molar-refractivity contribution in [3.05, 3.63) is 128 Å². The van der Waals surface area contributed by atoms with Gasteiger partial charge in [-0.2, -0.15) is 10.2 Å². The second-order valence-electron chi connectivity index (χ2n) is 14.1. The molecule has 7 rings (SSSR count). The van der Waals surface area contributed by atoms with Crippen LogP contribution < -0.4 is 10.6 Å².